The van der Waals surface area contributed by atoms with Crippen molar-refractivity contribution in [3.05, 3.63) is 0 Å². The van der Waals surface area contributed by atoms with Crippen LogP contribution in [0.4, 0.5) is 0 Å². The van der Waals surface area contributed by atoms with E-state index < -0.39 is 0 Å². The predicted octanol–water partition coefficient (Wildman–Crippen LogP) is 1.18. The van der Waals surface area contributed by atoms with Gasteiger partial charge in [0, 0.05) is 13.7 Å². The first-order valence-corrected chi connectivity index (χ1v) is 4.00. The molecule has 0 radical (unpaired) electrons. The maximum absolute atomic E-state index is 8.85. The van der Waals surface area contributed by atoms with Gasteiger partial charge in [-0.25, -0.2) is 0 Å². The highest BCUT2D eigenvalue weighted by atomic mass is 16.5. The van der Waals surface area contributed by atoms with E-state index in [2.05, 4.69) is 0 Å². The lowest BCUT2D eigenvalue weighted by Crippen LogP contribution is -2.23. The highest BCUT2D eigenvalue weighted by Gasteiger charge is 2.20. The number of aliphatic hydroxyl groups excluding tert-OH is 1. The molecule has 2 unspecified atom stereocenters. The summed E-state index contributed by atoms with van der Waals surface area (Å²) in [5.74, 6) is 0.499. The Labute approximate surface area is 62.2 Å². The highest BCUT2D eigenvalue weighted by Crippen LogP contribution is 2.25. The molecule has 1 aliphatic carbocycles. The van der Waals surface area contributed by atoms with Gasteiger partial charge < -0.3 is 9.84 Å². The molecule has 2 atom stereocenters. The second kappa shape index (κ2) is 3.94. The van der Waals surface area contributed by atoms with Gasteiger partial charge in [-0.1, -0.05) is 6.42 Å². The van der Waals surface area contributed by atoms with Crippen molar-refractivity contribution in [2.24, 2.45) is 5.92 Å². The third-order valence-corrected chi connectivity index (χ3v) is 2.33. The maximum Gasteiger partial charge on any atom is 0.0574 e. The van der Waals surface area contributed by atoms with Gasteiger partial charge in [-0.3, -0.25) is 0 Å². The monoisotopic (exact) mass is 144 g/mol. The second-order valence-electron chi connectivity index (χ2n) is 3.07. The molecular weight excluding hydrogens is 128 g/mol. The van der Waals surface area contributed by atoms with Crippen molar-refractivity contribution in [1.29, 1.82) is 0 Å². The normalized spacial score (nSPS) is 34.2. The largest absolute Gasteiger partial charge is 0.396 e. The molecule has 1 aliphatic rings. The van der Waals surface area contributed by atoms with E-state index in [1.807, 2.05) is 0 Å². The van der Waals surface area contributed by atoms with Gasteiger partial charge >= 0.3 is 0 Å². The van der Waals surface area contributed by atoms with Gasteiger partial charge in [-0.05, 0) is 25.2 Å². The summed E-state index contributed by atoms with van der Waals surface area (Å²) in [5, 5.41) is 8.85. The highest BCUT2D eigenvalue weighted by molar-refractivity contribution is 4.72. The lowest BCUT2D eigenvalue weighted by atomic mass is 9.88. The van der Waals surface area contributed by atoms with Crippen molar-refractivity contribution in [3.63, 3.8) is 0 Å². The van der Waals surface area contributed by atoms with Gasteiger partial charge in [0.1, 0.15) is 0 Å². The summed E-state index contributed by atoms with van der Waals surface area (Å²) in [6.07, 6.45) is 5.02. The van der Waals surface area contributed by atoms with E-state index >= 15 is 0 Å². The fourth-order valence-corrected chi connectivity index (χ4v) is 1.62. The lowest BCUT2D eigenvalue weighted by molar-refractivity contribution is 0.0363. The van der Waals surface area contributed by atoms with Crippen molar-refractivity contribution in [3.8, 4) is 0 Å². The summed E-state index contributed by atoms with van der Waals surface area (Å²) in [5.41, 5.74) is 0. The van der Waals surface area contributed by atoms with Crippen LogP contribution in [0.3, 0.4) is 0 Å². The van der Waals surface area contributed by atoms with E-state index in [0.717, 1.165) is 6.42 Å². The van der Waals surface area contributed by atoms with Crippen LogP contribution in [0.2, 0.25) is 0 Å². The zero-order valence-electron chi connectivity index (χ0n) is 6.55. The molecule has 1 rings (SSSR count). The topological polar surface area (TPSA) is 29.5 Å². The molecule has 0 aliphatic heterocycles. The zero-order chi connectivity index (χ0) is 7.40. The smallest absolute Gasteiger partial charge is 0.0574 e. The molecule has 2 heteroatoms. The lowest BCUT2D eigenvalue weighted by Gasteiger charge is -2.26. The molecule has 10 heavy (non-hydrogen) atoms. The maximum atomic E-state index is 8.85. The zero-order valence-corrected chi connectivity index (χ0v) is 6.55. The fraction of sp³-hybridized carbons (Fsp3) is 1.00. The standard InChI is InChI=1S/C8H16O2/c1-10-8-4-2-3-7(5-8)6-9/h7-9H,2-6H2,1H3. The van der Waals surface area contributed by atoms with Crippen LogP contribution in [0.1, 0.15) is 25.7 Å². The third kappa shape index (κ3) is 1.96. The van der Waals surface area contributed by atoms with E-state index in [0.29, 0.717) is 18.6 Å². The van der Waals surface area contributed by atoms with Gasteiger partial charge in [0.05, 0.1) is 6.10 Å². The van der Waals surface area contributed by atoms with E-state index in [1.165, 1.54) is 19.3 Å². The van der Waals surface area contributed by atoms with E-state index in [9.17, 15) is 0 Å². The number of ether oxygens (including phenoxy) is 1. The first kappa shape index (κ1) is 8.02. The predicted molar refractivity (Wildman–Crippen MR) is 39.8 cm³/mol. The molecule has 1 saturated carbocycles. The first-order valence-electron chi connectivity index (χ1n) is 4.00. The Morgan fingerprint density at radius 3 is 2.90 bits per heavy atom. The van der Waals surface area contributed by atoms with Gasteiger partial charge in [0.2, 0.25) is 0 Å². The Hall–Kier alpha value is -0.0800. The van der Waals surface area contributed by atoms with E-state index in [4.69, 9.17) is 9.84 Å². The van der Waals surface area contributed by atoms with Gasteiger partial charge in [-0.2, -0.15) is 0 Å². The minimum atomic E-state index is 0.333. The van der Waals surface area contributed by atoms with Gasteiger partial charge in [0.25, 0.3) is 0 Å². The van der Waals surface area contributed by atoms with E-state index in [1.54, 1.807) is 7.11 Å². The molecular formula is C8H16O2. The van der Waals surface area contributed by atoms with Crippen LogP contribution >= 0.6 is 0 Å². The molecule has 0 aromatic rings. The quantitative estimate of drug-likeness (QED) is 0.630. The summed E-state index contributed by atoms with van der Waals surface area (Å²) in [6, 6.07) is 0. The first-order chi connectivity index (χ1) is 4.86. The molecule has 1 fully saturated rings. The molecule has 0 bridgehead atoms. The molecule has 0 saturated heterocycles. The minimum Gasteiger partial charge on any atom is -0.396 e. The molecule has 60 valence electrons. The van der Waals surface area contributed by atoms with Crippen molar-refractivity contribution in [1.82, 2.24) is 0 Å². The minimum absolute atomic E-state index is 0.333. The summed E-state index contributed by atoms with van der Waals surface area (Å²) in [4.78, 5) is 0. The van der Waals surface area contributed by atoms with Crippen LogP contribution in [-0.4, -0.2) is 24.9 Å². The molecule has 0 aromatic carbocycles. The number of rotatable bonds is 2. The summed E-state index contributed by atoms with van der Waals surface area (Å²) < 4.78 is 5.21. The Balaban J connectivity index is 2.25. The van der Waals surface area contributed by atoms with Crippen LogP contribution in [0.25, 0.3) is 0 Å². The van der Waals surface area contributed by atoms with Crippen LogP contribution in [0, 0.1) is 5.92 Å². The van der Waals surface area contributed by atoms with Crippen LogP contribution < -0.4 is 0 Å². The van der Waals surface area contributed by atoms with Crippen molar-refractivity contribution in [2.45, 2.75) is 31.8 Å². The Kier molecular flexibility index (Phi) is 3.16. The van der Waals surface area contributed by atoms with Crippen LogP contribution in [-0.2, 0) is 4.74 Å². The average Bonchev–Trinajstić information content (AvgIpc) is 2.05. The summed E-state index contributed by atoms with van der Waals surface area (Å²) in [7, 11) is 1.75. The van der Waals surface area contributed by atoms with Gasteiger partial charge in [-0.15, -0.1) is 0 Å². The second-order valence-corrected chi connectivity index (χ2v) is 3.07. The Morgan fingerprint density at radius 1 is 1.50 bits per heavy atom. The number of methoxy groups -OCH3 is 1. The van der Waals surface area contributed by atoms with E-state index in [-0.39, 0.29) is 0 Å². The Bertz CT molecular complexity index is 83.3. The Morgan fingerprint density at radius 2 is 2.30 bits per heavy atom. The summed E-state index contributed by atoms with van der Waals surface area (Å²) >= 11 is 0. The molecule has 0 spiro atoms. The summed E-state index contributed by atoms with van der Waals surface area (Å²) in [6.45, 7) is 0.333. The van der Waals surface area contributed by atoms with Crippen LogP contribution in [0.5, 0.6) is 0 Å². The van der Waals surface area contributed by atoms with Crippen LogP contribution in [0.15, 0.2) is 0 Å². The molecule has 0 heterocycles. The number of hydrogen-bond donors (Lipinski definition) is 1. The average molecular weight is 144 g/mol. The molecule has 2 nitrogen and oxygen atoms in total. The number of hydrogen-bond acceptors (Lipinski definition) is 2. The van der Waals surface area contributed by atoms with Crippen molar-refractivity contribution in [2.75, 3.05) is 13.7 Å². The van der Waals surface area contributed by atoms with Crippen molar-refractivity contribution >= 4 is 0 Å². The van der Waals surface area contributed by atoms with Crippen molar-refractivity contribution < 1.29 is 9.84 Å². The molecule has 0 amide bonds. The number of aliphatic hydroxyl groups is 1. The molecule has 0 aromatic heterocycles. The van der Waals surface area contributed by atoms with Gasteiger partial charge in [0.15, 0.2) is 0 Å². The fourth-order valence-electron chi connectivity index (χ4n) is 1.62. The third-order valence-electron chi connectivity index (χ3n) is 2.33. The molecule has 1 N–H and O–H groups in total. The SMILES string of the molecule is COC1CCCC(CO)C1.